The molecule has 1 aromatic heterocycles. The summed E-state index contributed by atoms with van der Waals surface area (Å²) < 4.78 is 13.0. The molecule has 1 saturated heterocycles. The molecule has 10 heteroatoms. The summed E-state index contributed by atoms with van der Waals surface area (Å²) in [6.07, 6.45) is 1.75. The van der Waals surface area contributed by atoms with Crippen LogP contribution in [0, 0.1) is 6.92 Å². The van der Waals surface area contributed by atoms with Crippen LogP contribution in [0.25, 0.3) is 0 Å². The first-order valence-electron chi connectivity index (χ1n) is 11.7. The Kier molecular flexibility index (Phi) is 8.75. The van der Waals surface area contributed by atoms with Crippen molar-refractivity contribution in [2.45, 2.75) is 25.2 Å². The van der Waals surface area contributed by atoms with Gasteiger partial charge in [-0.3, -0.25) is 14.2 Å². The molecule has 1 aliphatic rings. The van der Waals surface area contributed by atoms with Crippen molar-refractivity contribution >= 4 is 29.3 Å². The van der Waals surface area contributed by atoms with E-state index in [4.69, 9.17) is 9.47 Å². The number of aryl methyl sites for hydroxylation is 1. The average Bonchev–Trinajstić information content (AvgIpc) is 3.29. The molecule has 0 spiro atoms. The smallest absolute Gasteiger partial charge is 0.254 e. The summed E-state index contributed by atoms with van der Waals surface area (Å²) in [6.45, 7) is 8.78. The van der Waals surface area contributed by atoms with Crippen molar-refractivity contribution < 1.29 is 19.1 Å². The number of hydrogen-bond donors (Lipinski definition) is 1. The number of anilines is 1. The van der Waals surface area contributed by atoms with Crippen LogP contribution >= 0.6 is 11.8 Å². The molecule has 0 atom stereocenters. The maximum Gasteiger partial charge on any atom is 0.254 e. The third kappa shape index (κ3) is 6.73. The number of hydrogen-bond acceptors (Lipinski definition) is 7. The molecule has 1 fully saturated rings. The number of thioether (sulfide) groups is 1. The number of aromatic nitrogens is 3. The zero-order valence-corrected chi connectivity index (χ0v) is 21.0. The molecule has 1 aliphatic heterocycles. The third-order valence-corrected chi connectivity index (χ3v) is 6.48. The van der Waals surface area contributed by atoms with Gasteiger partial charge in [-0.1, -0.05) is 41.6 Å². The number of morpholine rings is 1. The second kappa shape index (κ2) is 12.4. The van der Waals surface area contributed by atoms with Crippen LogP contribution in [0.5, 0.6) is 5.75 Å². The van der Waals surface area contributed by atoms with Gasteiger partial charge in [-0.15, -0.1) is 16.8 Å². The lowest BCUT2D eigenvalue weighted by Gasteiger charge is -2.27. The molecule has 4 rings (SSSR count). The number of nitrogens with zero attached hydrogens (tertiary/aromatic N) is 4. The molecule has 1 N–H and O–H groups in total. The Balaban J connectivity index is 1.34. The Bertz CT molecular complexity index is 1210. The number of benzene rings is 2. The molecule has 2 aromatic carbocycles. The fourth-order valence-electron chi connectivity index (χ4n) is 3.63. The molecule has 2 amide bonds. The minimum absolute atomic E-state index is 0.0679. The van der Waals surface area contributed by atoms with E-state index in [0.717, 1.165) is 11.3 Å². The van der Waals surface area contributed by atoms with Crippen molar-refractivity contribution in [2.24, 2.45) is 0 Å². The minimum Gasteiger partial charge on any atom is -0.486 e. The number of rotatable bonds is 10. The molecule has 3 aromatic rings. The predicted molar refractivity (Wildman–Crippen MR) is 138 cm³/mol. The molecule has 188 valence electrons. The molecular weight excluding hydrogens is 478 g/mol. The van der Waals surface area contributed by atoms with E-state index < -0.39 is 0 Å². The van der Waals surface area contributed by atoms with Crippen molar-refractivity contribution in [3.63, 3.8) is 0 Å². The second-order valence-corrected chi connectivity index (χ2v) is 9.16. The number of ether oxygens (including phenoxy) is 2. The van der Waals surface area contributed by atoms with Crippen LogP contribution in [0.4, 0.5) is 5.69 Å². The molecule has 0 aliphatic carbocycles. The first-order valence-corrected chi connectivity index (χ1v) is 12.6. The van der Waals surface area contributed by atoms with Crippen LogP contribution in [0.3, 0.4) is 0 Å². The van der Waals surface area contributed by atoms with Gasteiger partial charge in [0.2, 0.25) is 5.91 Å². The zero-order chi connectivity index (χ0) is 25.3. The van der Waals surface area contributed by atoms with Gasteiger partial charge in [-0.2, -0.15) is 0 Å². The molecule has 0 bridgehead atoms. The van der Waals surface area contributed by atoms with Gasteiger partial charge in [-0.25, -0.2) is 0 Å². The van der Waals surface area contributed by atoms with Gasteiger partial charge in [0, 0.05) is 30.9 Å². The van der Waals surface area contributed by atoms with E-state index >= 15 is 0 Å². The Morgan fingerprint density at radius 3 is 2.69 bits per heavy atom. The molecular formula is C26H29N5O4S. The lowest BCUT2D eigenvalue weighted by atomic mass is 10.1. The highest BCUT2D eigenvalue weighted by molar-refractivity contribution is 7.99. The lowest BCUT2D eigenvalue weighted by molar-refractivity contribution is -0.113. The van der Waals surface area contributed by atoms with E-state index in [1.165, 1.54) is 11.8 Å². The Morgan fingerprint density at radius 1 is 1.17 bits per heavy atom. The first kappa shape index (κ1) is 25.5. The van der Waals surface area contributed by atoms with Crippen molar-refractivity contribution in [1.82, 2.24) is 19.7 Å². The van der Waals surface area contributed by atoms with E-state index in [1.807, 2.05) is 35.8 Å². The Hall–Kier alpha value is -3.63. The topological polar surface area (TPSA) is 98.6 Å². The predicted octanol–water partition coefficient (Wildman–Crippen LogP) is 3.55. The molecule has 0 saturated carbocycles. The monoisotopic (exact) mass is 507 g/mol. The Morgan fingerprint density at radius 2 is 1.94 bits per heavy atom. The fourth-order valence-corrected chi connectivity index (χ4v) is 4.40. The SMILES string of the molecule is C=CCn1c(COc2ccc(C)cc2)nnc1SCC(=O)Nc1cccc(C(=O)N2CCOCC2)c1. The highest BCUT2D eigenvalue weighted by Gasteiger charge is 2.19. The third-order valence-electron chi connectivity index (χ3n) is 5.52. The second-order valence-electron chi connectivity index (χ2n) is 8.22. The van der Waals surface area contributed by atoms with Crippen LogP contribution < -0.4 is 10.1 Å². The molecule has 0 unspecified atom stereocenters. The van der Waals surface area contributed by atoms with E-state index in [0.29, 0.717) is 55.1 Å². The maximum atomic E-state index is 12.7. The summed E-state index contributed by atoms with van der Waals surface area (Å²) in [5, 5.41) is 11.9. The van der Waals surface area contributed by atoms with E-state index in [-0.39, 0.29) is 24.2 Å². The summed E-state index contributed by atoms with van der Waals surface area (Å²) >= 11 is 1.28. The maximum absolute atomic E-state index is 12.7. The van der Waals surface area contributed by atoms with Gasteiger partial charge in [0.15, 0.2) is 11.0 Å². The number of allylic oxidation sites excluding steroid dienone is 1. The van der Waals surface area contributed by atoms with Crippen LogP contribution in [0.1, 0.15) is 21.7 Å². The highest BCUT2D eigenvalue weighted by Crippen LogP contribution is 2.20. The quantitative estimate of drug-likeness (QED) is 0.331. The van der Waals surface area contributed by atoms with Crippen molar-refractivity contribution in [1.29, 1.82) is 0 Å². The summed E-state index contributed by atoms with van der Waals surface area (Å²) in [4.78, 5) is 27.1. The van der Waals surface area contributed by atoms with Crippen LogP contribution in [0.2, 0.25) is 0 Å². The largest absolute Gasteiger partial charge is 0.486 e. The van der Waals surface area contributed by atoms with Gasteiger partial charge >= 0.3 is 0 Å². The number of carbonyl (C=O) groups is 2. The first-order chi connectivity index (χ1) is 17.5. The van der Waals surface area contributed by atoms with E-state index in [1.54, 1.807) is 35.2 Å². The minimum atomic E-state index is -0.207. The normalized spacial score (nSPS) is 13.3. The van der Waals surface area contributed by atoms with Gasteiger partial charge in [-0.05, 0) is 37.3 Å². The van der Waals surface area contributed by atoms with Gasteiger partial charge in [0.1, 0.15) is 12.4 Å². The van der Waals surface area contributed by atoms with Crippen molar-refractivity contribution in [3.05, 3.63) is 78.1 Å². The molecule has 9 nitrogen and oxygen atoms in total. The van der Waals surface area contributed by atoms with Crippen LogP contribution in [0.15, 0.2) is 66.3 Å². The summed E-state index contributed by atoms with van der Waals surface area (Å²) in [6, 6.07) is 14.8. The van der Waals surface area contributed by atoms with Gasteiger partial charge < -0.3 is 19.7 Å². The van der Waals surface area contributed by atoms with Crippen LogP contribution in [-0.4, -0.2) is 63.5 Å². The summed E-state index contributed by atoms with van der Waals surface area (Å²) in [5.41, 5.74) is 2.26. The van der Waals surface area contributed by atoms with E-state index in [9.17, 15) is 9.59 Å². The number of amides is 2. The van der Waals surface area contributed by atoms with Gasteiger partial charge in [0.05, 0.1) is 19.0 Å². The molecule has 36 heavy (non-hydrogen) atoms. The standard InChI is InChI=1S/C26H29N5O4S/c1-3-11-31-23(17-35-22-9-7-19(2)8-10-22)28-29-26(31)36-18-24(32)27-21-6-4-5-20(16-21)25(33)30-12-14-34-15-13-30/h3-10,16H,1,11-15,17-18H2,2H3,(H,27,32). The zero-order valence-electron chi connectivity index (χ0n) is 20.2. The highest BCUT2D eigenvalue weighted by atomic mass is 32.2. The number of carbonyl (C=O) groups excluding carboxylic acids is 2. The lowest BCUT2D eigenvalue weighted by Crippen LogP contribution is -2.40. The van der Waals surface area contributed by atoms with Crippen molar-refractivity contribution in [2.75, 3.05) is 37.4 Å². The summed E-state index contributed by atoms with van der Waals surface area (Å²) in [5.74, 6) is 1.25. The van der Waals surface area contributed by atoms with Crippen molar-refractivity contribution in [3.8, 4) is 5.75 Å². The molecule has 2 heterocycles. The summed E-state index contributed by atoms with van der Waals surface area (Å²) in [7, 11) is 0. The average molecular weight is 508 g/mol. The van der Waals surface area contributed by atoms with E-state index in [2.05, 4.69) is 22.1 Å². The Labute approximate surface area is 214 Å². The van der Waals surface area contributed by atoms with Gasteiger partial charge in [0.25, 0.3) is 5.91 Å². The molecule has 0 radical (unpaired) electrons. The van der Waals surface area contributed by atoms with Crippen LogP contribution in [-0.2, 0) is 22.7 Å². The number of nitrogens with one attached hydrogen (secondary N) is 1. The fraction of sp³-hybridized carbons (Fsp3) is 0.308.